The summed E-state index contributed by atoms with van der Waals surface area (Å²) in [5, 5.41) is 9.78. The first-order chi connectivity index (χ1) is 6.74. The van der Waals surface area contributed by atoms with Crippen LogP contribution in [0.15, 0.2) is 18.2 Å². The van der Waals surface area contributed by atoms with E-state index in [9.17, 15) is 5.11 Å². The Kier molecular flexibility index (Phi) is 2.33. The molecule has 14 heavy (non-hydrogen) atoms. The molecular weight excluding hydrogens is 176 g/mol. The van der Waals surface area contributed by atoms with Crippen LogP contribution < -0.4 is 10.6 Å². The number of rotatable bonds is 2. The van der Waals surface area contributed by atoms with Crippen LogP contribution in [-0.2, 0) is 0 Å². The topological polar surface area (TPSA) is 49.5 Å². The summed E-state index contributed by atoms with van der Waals surface area (Å²) < 4.78 is 0. The average molecular weight is 192 g/mol. The molecule has 2 rings (SSSR count). The largest absolute Gasteiger partial charge is 0.508 e. The molecule has 1 unspecified atom stereocenters. The first-order valence-corrected chi connectivity index (χ1v) is 4.97. The molecule has 0 aromatic heterocycles. The Morgan fingerprint density at radius 1 is 1.57 bits per heavy atom. The number of likely N-dealkylation sites (N-methyl/N-ethyl adjacent to an activating group) is 1. The third-order valence-electron chi connectivity index (χ3n) is 2.89. The molecule has 1 heterocycles. The van der Waals surface area contributed by atoms with E-state index in [1.165, 1.54) is 0 Å². The van der Waals surface area contributed by atoms with E-state index in [0.717, 1.165) is 24.2 Å². The molecule has 0 amide bonds. The molecule has 0 bridgehead atoms. The smallest absolute Gasteiger partial charge is 0.121 e. The van der Waals surface area contributed by atoms with Crippen molar-refractivity contribution < 1.29 is 5.11 Å². The summed E-state index contributed by atoms with van der Waals surface area (Å²) >= 11 is 0. The van der Waals surface area contributed by atoms with Crippen LogP contribution in [0.5, 0.6) is 5.75 Å². The van der Waals surface area contributed by atoms with Gasteiger partial charge < -0.3 is 15.7 Å². The Bertz CT molecular complexity index is 338. The Balaban J connectivity index is 2.40. The number of phenolic OH excluding ortho intramolecular Hbond substituents is 1. The van der Waals surface area contributed by atoms with Crippen molar-refractivity contribution in [2.75, 3.05) is 25.0 Å². The van der Waals surface area contributed by atoms with E-state index in [1.807, 2.05) is 12.1 Å². The number of nitrogens with zero attached hydrogens (tertiary/aromatic N) is 1. The molecule has 0 aliphatic carbocycles. The number of nitrogens with two attached hydrogens (primary N) is 1. The first-order valence-electron chi connectivity index (χ1n) is 4.97. The fourth-order valence-electron chi connectivity index (χ4n) is 2.25. The summed E-state index contributed by atoms with van der Waals surface area (Å²) in [5.74, 6) is 0.798. The van der Waals surface area contributed by atoms with Crippen LogP contribution in [0.2, 0.25) is 0 Å². The molecule has 3 heteroatoms. The van der Waals surface area contributed by atoms with Gasteiger partial charge >= 0.3 is 0 Å². The molecule has 1 aromatic rings. The van der Waals surface area contributed by atoms with Crippen molar-refractivity contribution in [1.82, 2.24) is 0 Å². The molecule has 3 nitrogen and oxygen atoms in total. The van der Waals surface area contributed by atoms with E-state index in [-0.39, 0.29) is 0 Å². The number of fused-ring (bicyclic) bond motifs is 1. The minimum absolute atomic E-state index is 0.390. The number of anilines is 1. The first kappa shape index (κ1) is 9.34. The van der Waals surface area contributed by atoms with Crippen molar-refractivity contribution in [3.63, 3.8) is 0 Å². The quantitative estimate of drug-likeness (QED) is 0.742. The monoisotopic (exact) mass is 192 g/mol. The van der Waals surface area contributed by atoms with Crippen LogP contribution in [0.25, 0.3) is 0 Å². The van der Waals surface area contributed by atoms with Crippen molar-refractivity contribution >= 4 is 5.69 Å². The van der Waals surface area contributed by atoms with Crippen LogP contribution in [0.4, 0.5) is 5.69 Å². The minimum Gasteiger partial charge on any atom is -0.508 e. The number of benzene rings is 1. The lowest BCUT2D eigenvalue weighted by Gasteiger charge is -2.11. The van der Waals surface area contributed by atoms with Gasteiger partial charge in [-0.1, -0.05) is 6.07 Å². The van der Waals surface area contributed by atoms with Gasteiger partial charge in [0.15, 0.2) is 0 Å². The van der Waals surface area contributed by atoms with Crippen molar-refractivity contribution in [2.24, 2.45) is 5.73 Å². The van der Waals surface area contributed by atoms with E-state index in [4.69, 9.17) is 5.73 Å². The minimum atomic E-state index is 0.390. The zero-order valence-corrected chi connectivity index (χ0v) is 8.40. The second kappa shape index (κ2) is 3.50. The highest BCUT2D eigenvalue weighted by atomic mass is 16.3. The van der Waals surface area contributed by atoms with E-state index >= 15 is 0 Å². The van der Waals surface area contributed by atoms with E-state index < -0.39 is 0 Å². The lowest BCUT2D eigenvalue weighted by Crippen LogP contribution is -2.16. The predicted octanol–water partition coefficient (Wildman–Crippen LogP) is 1.27. The molecule has 0 spiro atoms. The molecule has 1 atom stereocenters. The van der Waals surface area contributed by atoms with Crippen LogP contribution in [-0.4, -0.2) is 25.2 Å². The van der Waals surface area contributed by atoms with Gasteiger partial charge in [0, 0.05) is 30.8 Å². The number of aromatic hydroxyl groups is 1. The molecule has 1 aliphatic rings. The molecule has 1 aromatic carbocycles. The van der Waals surface area contributed by atoms with Crippen LogP contribution in [0, 0.1) is 0 Å². The van der Waals surface area contributed by atoms with E-state index in [0.29, 0.717) is 18.2 Å². The molecule has 0 fully saturated rings. The highest BCUT2D eigenvalue weighted by Gasteiger charge is 2.28. The number of phenols is 1. The molecule has 0 saturated carbocycles. The predicted molar refractivity (Wildman–Crippen MR) is 57.8 cm³/mol. The van der Waals surface area contributed by atoms with Gasteiger partial charge in [0.05, 0.1) is 0 Å². The van der Waals surface area contributed by atoms with Gasteiger partial charge in [-0.15, -0.1) is 0 Å². The number of hydrogen-bond acceptors (Lipinski definition) is 3. The van der Waals surface area contributed by atoms with Crippen LogP contribution in [0.1, 0.15) is 17.9 Å². The maximum Gasteiger partial charge on any atom is 0.121 e. The Hall–Kier alpha value is -1.22. The lowest BCUT2D eigenvalue weighted by atomic mass is 9.97. The zero-order chi connectivity index (χ0) is 10.1. The second-order valence-corrected chi connectivity index (χ2v) is 3.86. The molecule has 0 saturated heterocycles. The summed E-state index contributed by atoms with van der Waals surface area (Å²) in [7, 11) is 2.05. The fraction of sp³-hybridized carbons (Fsp3) is 0.455. The van der Waals surface area contributed by atoms with Crippen molar-refractivity contribution in [3.05, 3.63) is 23.8 Å². The van der Waals surface area contributed by atoms with Gasteiger partial charge in [-0.05, 0) is 25.1 Å². The Morgan fingerprint density at radius 3 is 3.07 bits per heavy atom. The number of hydrogen-bond donors (Lipinski definition) is 2. The molecule has 1 aliphatic heterocycles. The molecule has 3 N–H and O–H groups in total. The molecular formula is C11H16N2O. The summed E-state index contributed by atoms with van der Waals surface area (Å²) in [5.41, 5.74) is 7.77. The fourth-order valence-corrected chi connectivity index (χ4v) is 2.25. The Labute approximate surface area is 84.1 Å². The van der Waals surface area contributed by atoms with Crippen LogP contribution >= 0.6 is 0 Å². The third-order valence-corrected chi connectivity index (χ3v) is 2.89. The average Bonchev–Trinajstić information content (AvgIpc) is 2.46. The summed E-state index contributed by atoms with van der Waals surface area (Å²) in [6.45, 7) is 1.64. The summed E-state index contributed by atoms with van der Waals surface area (Å²) in [4.78, 5) is 2.18. The van der Waals surface area contributed by atoms with E-state index in [1.54, 1.807) is 6.07 Å². The maximum absolute atomic E-state index is 9.78. The van der Waals surface area contributed by atoms with Crippen LogP contribution in [0.3, 0.4) is 0 Å². The van der Waals surface area contributed by atoms with E-state index in [2.05, 4.69) is 11.9 Å². The van der Waals surface area contributed by atoms with Crippen molar-refractivity contribution in [3.8, 4) is 5.75 Å². The molecule has 76 valence electrons. The standard InChI is InChI=1S/C11H16N2O/c1-13-7-8(5-6-12)11-9(13)3-2-4-10(11)14/h2-4,8,14H,5-7,12H2,1H3. The van der Waals surface area contributed by atoms with Gasteiger partial charge in [0.1, 0.15) is 5.75 Å². The van der Waals surface area contributed by atoms with Gasteiger partial charge in [-0.2, -0.15) is 0 Å². The summed E-state index contributed by atoms with van der Waals surface area (Å²) in [6, 6.07) is 5.68. The van der Waals surface area contributed by atoms with Crippen molar-refractivity contribution in [2.45, 2.75) is 12.3 Å². The molecule has 0 radical (unpaired) electrons. The third kappa shape index (κ3) is 1.34. The SMILES string of the molecule is CN1CC(CCN)c2c(O)cccc21. The Morgan fingerprint density at radius 2 is 2.36 bits per heavy atom. The zero-order valence-electron chi connectivity index (χ0n) is 8.40. The van der Waals surface area contributed by atoms with Gasteiger partial charge in [0.25, 0.3) is 0 Å². The lowest BCUT2D eigenvalue weighted by molar-refractivity contribution is 0.463. The second-order valence-electron chi connectivity index (χ2n) is 3.86. The van der Waals surface area contributed by atoms with Gasteiger partial charge in [-0.25, -0.2) is 0 Å². The normalized spacial score (nSPS) is 19.9. The highest BCUT2D eigenvalue weighted by molar-refractivity contribution is 5.64. The van der Waals surface area contributed by atoms with Crippen molar-refractivity contribution in [1.29, 1.82) is 0 Å². The van der Waals surface area contributed by atoms with Gasteiger partial charge in [0.2, 0.25) is 0 Å². The maximum atomic E-state index is 9.78. The van der Waals surface area contributed by atoms with Gasteiger partial charge in [-0.3, -0.25) is 0 Å². The summed E-state index contributed by atoms with van der Waals surface area (Å²) in [6.07, 6.45) is 0.939. The highest BCUT2D eigenvalue weighted by Crippen LogP contribution is 2.41.